The predicted molar refractivity (Wildman–Crippen MR) is 58.9 cm³/mol. The Morgan fingerprint density at radius 2 is 2.36 bits per heavy atom. The summed E-state index contributed by atoms with van der Waals surface area (Å²) in [5.41, 5.74) is 1.01. The molecule has 0 N–H and O–H groups in total. The predicted octanol–water partition coefficient (Wildman–Crippen LogP) is 2.65. The summed E-state index contributed by atoms with van der Waals surface area (Å²) in [6, 6.07) is 7.85. The van der Waals surface area contributed by atoms with Gasteiger partial charge in [0.1, 0.15) is 6.34 Å². The number of hydrogen-bond donors (Lipinski definition) is 0. The van der Waals surface area contributed by atoms with Crippen molar-refractivity contribution in [1.82, 2.24) is 0 Å². The van der Waals surface area contributed by atoms with E-state index in [2.05, 4.69) is 36.1 Å². The molecule has 0 aliphatic carbocycles. The van der Waals surface area contributed by atoms with E-state index in [1.54, 1.807) is 6.21 Å². The Kier molecular flexibility index (Phi) is 2.78. The minimum Gasteiger partial charge on any atom is -0.243 e. The van der Waals surface area contributed by atoms with Crippen LogP contribution in [0.4, 0.5) is 0 Å². The van der Waals surface area contributed by atoms with E-state index in [1.165, 1.54) is 6.34 Å². The highest BCUT2D eigenvalue weighted by atomic mass is 79.9. The van der Waals surface area contributed by atoms with Crippen LogP contribution in [0, 0.1) is 0 Å². The fourth-order valence-electron chi connectivity index (χ4n) is 1.02. The molecule has 0 saturated carbocycles. The Morgan fingerprint density at radius 3 is 3.07 bits per heavy atom. The van der Waals surface area contributed by atoms with Gasteiger partial charge in [-0.05, 0) is 17.7 Å². The first kappa shape index (κ1) is 9.21. The highest BCUT2D eigenvalue weighted by Gasteiger charge is 2.01. The maximum absolute atomic E-state index is 4.13. The average molecular weight is 251 g/mol. The van der Waals surface area contributed by atoms with Crippen molar-refractivity contribution in [3.63, 3.8) is 0 Å². The van der Waals surface area contributed by atoms with E-state index < -0.39 is 6.29 Å². The molecule has 1 aliphatic heterocycles. The van der Waals surface area contributed by atoms with Gasteiger partial charge in [0.15, 0.2) is 0 Å². The quantitative estimate of drug-likeness (QED) is 0.725. The molecule has 2 rings (SSSR count). The van der Waals surface area contributed by atoms with Crippen LogP contribution in [-0.4, -0.2) is 18.8 Å². The van der Waals surface area contributed by atoms with Gasteiger partial charge < -0.3 is 0 Å². The van der Waals surface area contributed by atoms with Gasteiger partial charge in [-0.1, -0.05) is 28.1 Å². The summed E-state index contributed by atoms with van der Waals surface area (Å²) < 4.78 is 1.03. The molecule has 1 aromatic rings. The molecule has 1 aliphatic rings. The molecule has 1 heterocycles. The molecule has 70 valence electrons. The first-order valence-corrected chi connectivity index (χ1v) is 4.84. The molecule has 0 radical (unpaired) electrons. The molecule has 0 fully saturated rings. The zero-order valence-electron chi connectivity index (χ0n) is 7.21. The topological polar surface area (TPSA) is 49.4 Å². The van der Waals surface area contributed by atoms with E-state index in [1.807, 2.05) is 24.3 Å². The lowest BCUT2D eigenvalue weighted by atomic mass is 10.2. The van der Waals surface area contributed by atoms with E-state index in [0.717, 1.165) is 10.0 Å². The number of nitrogens with zero attached hydrogens (tertiary/aromatic N) is 4. The lowest BCUT2D eigenvalue weighted by Gasteiger charge is -1.95. The highest BCUT2D eigenvalue weighted by molar-refractivity contribution is 9.10. The Bertz CT molecular complexity index is 399. The van der Waals surface area contributed by atoms with Crippen molar-refractivity contribution in [2.75, 3.05) is 0 Å². The van der Waals surface area contributed by atoms with Gasteiger partial charge in [0.25, 0.3) is 6.29 Å². The molecule has 0 aromatic heterocycles. The molecule has 1 atom stereocenters. The molecular formula is C9H7BrN4. The summed E-state index contributed by atoms with van der Waals surface area (Å²) in [6.07, 6.45) is 2.74. The second-order valence-corrected chi connectivity index (χ2v) is 3.59. The largest absolute Gasteiger partial charge is 0.254 e. The highest BCUT2D eigenvalue weighted by Crippen LogP contribution is 2.10. The first-order chi connectivity index (χ1) is 6.84. The number of aliphatic imine (C=N–C) groups is 2. The molecule has 0 bridgehead atoms. The van der Waals surface area contributed by atoms with Crippen LogP contribution in [0.2, 0.25) is 0 Å². The number of rotatable bonds is 2. The molecule has 0 spiro atoms. The summed E-state index contributed by atoms with van der Waals surface area (Å²) in [5.74, 6) is 0. The van der Waals surface area contributed by atoms with Gasteiger partial charge >= 0.3 is 0 Å². The van der Waals surface area contributed by atoms with Gasteiger partial charge in [-0.15, -0.1) is 10.2 Å². The van der Waals surface area contributed by atoms with Crippen LogP contribution in [0.1, 0.15) is 5.56 Å². The first-order valence-electron chi connectivity index (χ1n) is 4.05. The lowest BCUT2D eigenvalue weighted by molar-refractivity contribution is 0.755. The normalized spacial score (nSPS) is 19.6. The molecule has 5 heteroatoms. The molecule has 1 unspecified atom stereocenters. The zero-order chi connectivity index (χ0) is 9.80. The third-order valence-electron chi connectivity index (χ3n) is 1.63. The van der Waals surface area contributed by atoms with Gasteiger partial charge in [0.05, 0.1) is 0 Å². The van der Waals surface area contributed by atoms with Crippen LogP contribution in [0.25, 0.3) is 0 Å². The fraction of sp³-hybridized carbons (Fsp3) is 0.111. The van der Waals surface area contributed by atoms with Crippen LogP contribution < -0.4 is 0 Å². The fourth-order valence-corrected chi connectivity index (χ4v) is 1.43. The summed E-state index contributed by atoms with van der Waals surface area (Å²) in [6.45, 7) is 0. The molecule has 0 saturated heterocycles. The zero-order valence-corrected chi connectivity index (χ0v) is 8.79. The summed E-state index contributed by atoms with van der Waals surface area (Å²) in [5, 5.41) is 7.37. The van der Waals surface area contributed by atoms with Crippen molar-refractivity contribution in [1.29, 1.82) is 0 Å². The number of azo groups is 1. The van der Waals surface area contributed by atoms with Crippen molar-refractivity contribution in [2.45, 2.75) is 6.29 Å². The second-order valence-electron chi connectivity index (χ2n) is 2.68. The third kappa shape index (κ3) is 2.32. The summed E-state index contributed by atoms with van der Waals surface area (Å²) in [7, 11) is 0. The minimum atomic E-state index is -0.394. The van der Waals surface area contributed by atoms with Crippen molar-refractivity contribution in [3.05, 3.63) is 34.3 Å². The van der Waals surface area contributed by atoms with Crippen LogP contribution >= 0.6 is 15.9 Å². The molecule has 0 amide bonds. The maximum atomic E-state index is 4.13. The van der Waals surface area contributed by atoms with Crippen molar-refractivity contribution in [2.24, 2.45) is 20.2 Å². The molecule has 1 aromatic carbocycles. The molecule has 4 nitrogen and oxygen atoms in total. The van der Waals surface area contributed by atoms with E-state index in [-0.39, 0.29) is 0 Å². The van der Waals surface area contributed by atoms with Gasteiger partial charge in [-0.25, -0.2) is 9.98 Å². The Labute approximate surface area is 89.6 Å². The van der Waals surface area contributed by atoms with Crippen molar-refractivity contribution >= 4 is 28.5 Å². The minimum absolute atomic E-state index is 0.394. The van der Waals surface area contributed by atoms with E-state index in [9.17, 15) is 0 Å². The van der Waals surface area contributed by atoms with Crippen molar-refractivity contribution < 1.29 is 0 Å². The van der Waals surface area contributed by atoms with Crippen LogP contribution in [0.15, 0.2) is 49.0 Å². The van der Waals surface area contributed by atoms with Gasteiger partial charge in [0.2, 0.25) is 0 Å². The Balaban J connectivity index is 2.10. The number of hydrogen-bond acceptors (Lipinski definition) is 4. The second kappa shape index (κ2) is 4.23. The number of benzene rings is 1. The van der Waals surface area contributed by atoms with Gasteiger partial charge in [0, 0.05) is 10.7 Å². The standard InChI is InChI=1S/C9H7BrN4/c10-8-3-1-2-7(4-8)5-11-9-12-6-13-14-9/h1-6,9H/b11-5+. The van der Waals surface area contributed by atoms with Crippen LogP contribution in [-0.2, 0) is 0 Å². The molecular weight excluding hydrogens is 244 g/mol. The summed E-state index contributed by atoms with van der Waals surface area (Å²) >= 11 is 3.38. The SMILES string of the molecule is Brc1cccc(/C=N/C2N=CN=N2)c1. The lowest BCUT2D eigenvalue weighted by Crippen LogP contribution is -1.92. The Hall–Kier alpha value is -1.36. The maximum Gasteiger partial charge on any atom is 0.254 e. The third-order valence-corrected chi connectivity index (χ3v) is 2.12. The van der Waals surface area contributed by atoms with E-state index >= 15 is 0 Å². The average Bonchev–Trinajstić information content (AvgIpc) is 2.67. The summed E-state index contributed by atoms with van der Waals surface area (Å²) in [4.78, 5) is 8.04. The van der Waals surface area contributed by atoms with E-state index in [4.69, 9.17) is 0 Å². The molecule has 14 heavy (non-hydrogen) atoms. The van der Waals surface area contributed by atoms with Crippen LogP contribution in [0.5, 0.6) is 0 Å². The monoisotopic (exact) mass is 250 g/mol. The Morgan fingerprint density at radius 1 is 1.43 bits per heavy atom. The van der Waals surface area contributed by atoms with E-state index in [0.29, 0.717) is 0 Å². The van der Waals surface area contributed by atoms with Crippen LogP contribution in [0.3, 0.4) is 0 Å². The van der Waals surface area contributed by atoms with Gasteiger partial charge in [-0.3, -0.25) is 0 Å². The smallest absolute Gasteiger partial charge is 0.243 e. The van der Waals surface area contributed by atoms with Crippen molar-refractivity contribution in [3.8, 4) is 0 Å². The van der Waals surface area contributed by atoms with Gasteiger partial charge in [-0.2, -0.15) is 0 Å². The number of halogens is 1.